The number of ether oxygens (including phenoxy) is 1. The number of anilines is 1. The number of hydrogen-bond donors (Lipinski definition) is 2. The highest BCUT2D eigenvalue weighted by Crippen LogP contribution is 2.17. The maximum absolute atomic E-state index is 12.9. The fourth-order valence-corrected chi connectivity index (χ4v) is 3.26. The predicted octanol–water partition coefficient (Wildman–Crippen LogP) is 2.24. The minimum Gasteiger partial charge on any atom is -0.455 e. The van der Waals surface area contributed by atoms with Crippen molar-refractivity contribution in [3.05, 3.63) is 59.9 Å². The topological polar surface area (TPSA) is 102 Å². The van der Waals surface area contributed by atoms with Crippen LogP contribution in [0, 0.1) is 5.82 Å². The number of carbonyl (C=O) groups excluding carboxylic acids is 2. The molecule has 0 heterocycles. The Morgan fingerprint density at radius 3 is 2.29 bits per heavy atom. The molecule has 0 saturated carbocycles. The lowest BCUT2D eigenvalue weighted by molar-refractivity contribution is -0.147. The fraction of sp³-hybridized carbons (Fsp3) is 0.263. The Labute approximate surface area is 163 Å². The molecule has 0 radical (unpaired) electrons. The molecule has 0 aliphatic rings. The van der Waals surface area contributed by atoms with Crippen molar-refractivity contribution >= 4 is 27.6 Å². The van der Waals surface area contributed by atoms with Gasteiger partial charge >= 0.3 is 5.97 Å². The van der Waals surface area contributed by atoms with Gasteiger partial charge in [0.15, 0.2) is 6.61 Å². The van der Waals surface area contributed by atoms with E-state index >= 15 is 0 Å². The van der Waals surface area contributed by atoms with Gasteiger partial charge in [-0.2, -0.15) is 0 Å². The summed E-state index contributed by atoms with van der Waals surface area (Å²) in [5.41, 5.74) is 0.893. The Hall–Kier alpha value is -2.94. The van der Waals surface area contributed by atoms with Crippen LogP contribution in [0.25, 0.3) is 0 Å². The van der Waals surface area contributed by atoms with Crippen molar-refractivity contribution in [3.63, 3.8) is 0 Å². The van der Waals surface area contributed by atoms with Crippen LogP contribution >= 0.6 is 0 Å². The first kappa shape index (κ1) is 21.4. The SMILES string of the molecule is CCCNC(=O)COC(=O)Cc1ccc(NS(=O)(=O)c2ccc(F)cc2)cc1. The van der Waals surface area contributed by atoms with Crippen molar-refractivity contribution < 1.29 is 27.1 Å². The van der Waals surface area contributed by atoms with Gasteiger partial charge in [-0.05, 0) is 48.4 Å². The number of esters is 1. The smallest absolute Gasteiger partial charge is 0.310 e. The average Bonchev–Trinajstić information content (AvgIpc) is 2.66. The van der Waals surface area contributed by atoms with Crippen LogP contribution in [0.4, 0.5) is 10.1 Å². The van der Waals surface area contributed by atoms with E-state index in [-0.39, 0.29) is 23.8 Å². The Morgan fingerprint density at radius 2 is 1.68 bits per heavy atom. The molecule has 150 valence electrons. The molecule has 2 N–H and O–H groups in total. The van der Waals surface area contributed by atoms with Crippen LogP contribution in [0.2, 0.25) is 0 Å². The number of hydrogen-bond acceptors (Lipinski definition) is 5. The predicted molar refractivity (Wildman–Crippen MR) is 102 cm³/mol. The zero-order valence-corrected chi connectivity index (χ0v) is 16.1. The van der Waals surface area contributed by atoms with Crippen molar-refractivity contribution in [2.75, 3.05) is 17.9 Å². The van der Waals surface area contributed by atoms with Crippen LogP contribution in [0.5, 0.6) is 0 Å². The van der Waals surface area contributed by atoms with Gasteiger partial charge in [0.2, 0.25) is 0 Å². The number of carbonyl (C=O) groups is 2. The van der Waals surface area contributed by atoms with Gasteiger partial charge in [0.25, 0.3) is 15.9 Å². The summed E-state index contributed by atoms with van der Waals surface area (Å²) < 4.78 is 44.7. The first-order valence-corrected chi connectivity index (χ1v) is 10.1. The third-order valence-electron chi connectivity index (χ3n) is 3.61. The number of halogens is 1. The number of sulfonamides is 1. The van der Waals surface area contributed by atoms with E-state index in [1.54, 1.807) is 12.1 Å². The van der Waals surface area contributed by atoms with Gasteiger partial charge in [0.05, 0.1) is 11.3 Å². The molecule has 9 heteroatoms. The second-order valence-electron chi connectivity index (χ2n) is 5.94. The van der Waals surface area contributed by atoms with Crippen LogP contribution in [0.1, 0.15) is 18.9 Å². The molecule has 0 spiro atoms. The van der Waals surface area contributed by atoms with Gasteiger partial charge < -0.3 is 10.1 Å². The summed E-state index contributed by atoms with van der Waals surface area (Å²) >= 11 is 0. The molecule has 0 unspecified atom stereocenters. The molecule has 28 heavy (non-hydrogen) atoms. The van der Waals surface area contributed by atoms with E-state index in [9.17, 15) is 22.4 Å². The Balaban J connectivity index is 1.89. The van der Waals surface area contributed by atoms with E-state index in [1.165, 1.54) is 24.3 Å². The van der Waals surface area contributed by atoms with Crippen molar-refractivity contribution in [3.8, 4) is 0 Å². The third-order valence-corrected chi connectivity index (χ3v) is 5.01. The largest absolute Gasteiger partial charge is 0.455 e. The zero-order chi connectivity index (χ0) is 20.6. The summed E-state index contributed by atoms with van der Waals surface area (Å²) in [6.45, 7) is 2.09. The summed E-state index contributed by atoms with van der Waals surface area (Å²) in [7, 11) is -3.84. The molecule has 1 amide bonds. The summed E-state index contributed by atoms with van der Waals surface area (Å²) in [4.78, 5) is 23.1. The highest BCUT2D eigenvalue weighted by atomic mass is 32.2. The van der Waals surface area contributed by atoms with Crippen molar-refractivity contribution in [2.24, 2.45) is 0 Å². The minimum atomic E-state index is -3.84. The summed E-state index contributed by atoms with van der Waals surface area (Å²) in [6, 6.07) is 10.6. The highest BCUT2D eigenvalue weighted by Gasteiger charge is 2.14. The van der Waals surface area contributed by atoms with Gasteiger partial charge in [-0.15, -0.1) is 0 Å². The second kappa shape index (κ2) is 9.84. The molecule has 0 aliphatic heterocycles. The van der Waals surface area contributed by atoms with Gasteiger partial charge in [-0.25, -0.2) is 12.8 Å². The Bertz CT molecular complexity index is 912. The first-order chi connectivity index (χ1) is 13.3. The lowest BCUT2D eigenvalue weighted by atomic mass is 10.1. The molecule has 0 fully saturated rings. The lowest BCUT2D eigenvalue weighted by Crippen LogP contribution is -2.29. The quantitative estimate of drug-likeness (QED) is 0.620. The maximum atomic E-state index is 12.9. The molecular formula is C19H21FN2O5S. The van der Waals surface area contributed by atoms with Gasteiger partial charge in [0.1, 0.15) is 5.82 Å². The number of benzene rings is 2. The lowest BCUT2D eigenvalue weighted by Gasteiger charge is -2.09. The average molecular weight is 408 g/mol. The van der Waals surface area contributed by atoms with E-state index in [4.69, 9.17) is 4.74 Å². The molecule has 0 saturated heterocycles. The molecule has 7 nitrogen and oxygen atoms in total. The molecule has 0 aliphatic carbocycles. The molecular weight excluding hydrogens is 387 g/mol. The van der Waals surface area contributed by atoms with E-state index in [2.05, 4.69) is 10.0 Å². The van der Waals surface area contributed by atoms with Crippen molar-refractivity contribution in [1.82, 2.24) is 5.32 Å². The summed E-state index contributed by atoms with van der Waals surface area (Å²) in [5.74, 6) is -1.45. The van der Waals surface area contributed by atoms with Crippen LogP contribution in [0.3, 0.4) is 0 Å². The molecule has 2 aromatic carbocycles. The van der Waals surface area contributed by atoms with E-state index in [1.807, 2.05) is 6.92 Å². The van der Waals surface area contributed by atoms with Crippen LogP contribution in [-0.4, -0.2) is 33.4 Å². The van der Waals surface area contributed by atoms with Crippen LogP contribution < -0.4 is 10.0 Å². The summed E-state index contributed by atoms with van der Waals surface area (Å²) in [5, 5.41) is 2.60. The molecule has 0 aromatic heterocycles. The number of nitrogens with one attached hydrogen (secondary N) is 2. The molecule has 2 rings (SSSR count). The first-order valence-electron chi connectivity index (χ1n) is 8.60. The zero-order valence-electron chi connectivity index (χ0n) is 15.3. The summed E-state index contributed by atoms with van der Waals surface area (Å²) in [6.07, 6.45) is 0.739. The van der Waals surface area contributed by atoms with E-state index in [0.717, 1.165) is 18.6 Å². The minimum absolute atomic E-state index is 0.0496. The number of amides is 1. The van der Waals surface area contributed by atoms with Gasteiger partial charge in [0, 0.05) is 12.2 Å². The van der Waals surface area contributed by atoms with Crippen LogP contribution in [0.15, 0.2) is 53.4 Å². The normalized spacial score (nSPS) is 10.9. The highest BCUT2D eigenvalue weighted by molar-refractivity contribution is 7.92. The third kappa shape index (κ3) is 6.66. The van der Waals surface area contributed by atoms with Crippen molar-refractivity contribution in [1.29, 1.82) is 0 Å². The van der Waals surface area contributed by atoms with E-state index in [0.29, 0.717) is 17.8 Å². The number of rotatable bonds is 9. The molecule has 0 bridgehead atoms. The van der Waals surface area contributed by atoms with E-state index < -0.39 is 21.8 Å². The Morgan fingerprint density at radius 1 is 1.04 bits per heavy atom. The van der Waals surface area contributed by atoms with Gasteiger partial charge in [-0.3, -0.25) is 14.3 Å². The monoisotopic (exact) mass is 408 g/mol. The second-order valence-corrected chi connectivity index (χ2v) is 7.63. The Kier molecular flexibility index (Phi) is 7.51. The molecule has 0 atom stereocenters. The van der Waals surface area contributed by atoms with Gasteiger partial charge in [-0.1, -0.05) is 19.1 Å². The molecule has 2 aromatic rings. The van der Waals surface area contributed by atoms with Crippen LogP contribution in [-0.2, 0) is 30.8 Å². The fourth-order valence-electron chi connectivity index (χ4n) is 2.20. The maximum Gasteiger partial charge on any atom is 0.310 e. The standard InChI is InChI=1S/C19H21FN2O5S/c1-2-11-21-18(23)13-27-19(24)12-14-3-7-16(8-4-14)22-28(25,26)17-9-5-15(20)6-10-17/h3-10,22H,2,11-13H2,1H3,(H,21,23). The van der Waals surface area contributed by atoms with Crippen molar-refractivity contribution in [2.45, 2.75) is 24.7 Å².